The molecule has 6 nitrogen and oxygen atoms in total. The minimum absolute atomic E-state index is 0.123. The lowest BCUT2D eigenvalue weighted by Crippen LogP contribution is -2.27. The highest BCUT2D eigenvalue weighted by Crippen LogP contribution is 2.23. The number of nitrogens with one attached hydrogen (secondary N) is 1. The van der Waals surface area contributed by atoms with Gasteiger partial charge >= 0.3 is 0 Å². The quantitative estimate of drug-likeness (QED) is 0.482. The molecule has 0 saturated carbocycles. The number of thioether (sulfide) groups is 1. The highest BCUT2D eigenvalue weighted by atomic mass is 32.2. The first-order valence-electron chi connectivity index (χ1n) is 8.45. The van der Waals surface area contributed by atoms with E-state index in [0.717, 1.165) is 16.7 Å². The third-order valence-corrected chi connectivity index (χ3v) is 4.98. The van der Waals surface area contributed by atoms with Crippen LogP contribution in [0.1, 0.15) is 11.1 Å². The van der Waals surface area contributed by atoms with Crippen molar-refractivity contribution >= 4 is 17.7 Å². The van der Waals surface area contributed by atoms with E-state index >= 15 is 0 Å². The topological polar surface area (TPSA) is 85.8 Å². The van der Waals surface area contributed by atoms with Crippen molar-refractivity contribution < 1.29 is 9.18 Å². The maximum Gasteiger partial charge on any atom is 0.230 e. The maximum absolute atomic E-state index is 12.9. The highest BCUT2D eigenvalue weighted by Gasteiger charge is 2.14. The van der Waals surface area contributed by atoms with E-state index in [-0.39, 0.29) is 17.5 Å². The molecule has 0 aliphatic rings. The molecular formula is C19H20FN5OS. The Kier molecular flexibility index (Phi) is 6.08. The lowest BCUT2D eigenvalue weighted by Gasteiger charge is -2.07. The van der Waals surface area contributed by atoms with Gasteiger partial charge in [-0.3, -0.25) is 4.79 Å². The van der Waals surface area contributed by atoms with Crippen LogP contribution in [0.5, 0.6) is 0 Å². The summed E-state index contributed by atoms with van der Waals surface area (Å²) in [6.07, 6.45) is 0.640. The lowest BCUT2D eigenvalue weighted by atomic mass is 10.1. The van der Waals surface area contributed by atoms with Crippen LogP contribution in [0.2, 0.25) is 0 Å². The van der Waals surface area contributed by atoms with Gasteiger partial charge in [-0.15, -0.1) is 10.2 Å². The molecule has 3 aromatic rings. The summed E-state index contributed by atoms with van der Waals surface area (Å²) < 4.78 is 14.3. The van der Waals surface area contributed by atoms with Gasteiger partial charge in [-0.2, -0.15) is 0 Å². The second-order valence-corrected chi connectivity index (χ2v) is 6.95. The largest absolute Gasteiger partial charge is 0.355 e. The number of carbonyl (C=O) groups is 1. The molecule has 3 rings (SSSR count). The number of hydrogen-bond donors (Lipinski definition) is 2. The Morgan fingerprint density at radius 1 is 1.19 bits per heavy atom. The summed E-state index contributed by atoms with van der Waals surface area (Å²) in [5.74, 6) is 6.45. The molecule has 0 saturated heterocycles. The molecule has 1 amide bonds. The van der Waals surface area contributed by atoms with Crippen molar-refractivity contribution in [2.75, 3.05) is 18.1 Å². The van der Waals surface area contributed by atoms with Crippen molar-refractivity contribution in [3.8, 4) is 11.4 Å². The first-order valence-corrected chi connectivity index (χ1v) is 9.43. The molecule has 1 aromatic heterocycles. The van der Waals surface area contributed by atoms with Gasteiger partial charge in [0.05, 0.1) is 5.75 Å². The van der Waals surface area contributed by atoms with Gasteiger partial charge in [-0.25, -0.2) is 9.07 Å². The van der Waals surface area contributed by atoms with Gasteiger partial charge < -0.3 is 11.2 Å². The van der Waals surface area contributed by atoms with E-state index in [1.165, 1.54) is 28.6 Å². The van der Waals surface area contributed by atoms with Crippen LogP contribution in [-0.2, 0) is 11.2 Å². The predicted octanol–water partition coefficient (Wildman–Crippen LogP) is 2.56. The summed E-state index contributed by atoms with van der Waals surface area (Å²) in [7, 11) is 0. The zero-order chi connectivity index (χ0) is 19.2. The molecule has 0 atom stereocenters. The van der Waals surface area contributed by atoms with E-state index < -0.39 is 0 Å². The van der Waals surface area contributed by atoms with E-state index in [0.29, 0.717) is 23.9 Å². The van der Waals surface area contributed by atoms with Crippen LogP contribution < -0.4 is 11.2 Å². The van der Waals surface area contributed by atoms with E-state index in [9.17, 15) is 9.18 Å². The van der Waals surface area contributed by atoms with E-state index in [1.54, 1.807) is 12.1 Å². The standard InChI is InChI=1S/C19H20FN5OS/c1-13-4-2-3-5-16(13)18-23-24-19(25(18)21)27-12-17(26)22-11-10-14-6-8-15(20)9-7-14/h2-9H,10-12,21H2,1H3,(H,22,26). The number of nitrogen functional groups attached to an aromatic ring is 1. The minimum atomic E-state index is -0.268. The second-order valence-electron chi connectivity index (χ2n) is 6.01. The number of rotatable bonds is 7. The summed E-state index contributed by atoms with van der Waals surface area (Å²) in [6, 6.07) is 14.0. The van der Waals surface area contributed by atoms with Gasteiger partial charge in [0, 0.05) is 12.1 Å². The monoisotopic (exact) mass is 385 g/mol. The smallest absolute Gasteiger partial charge is 0.230 e. The molecule has 0 spiro atoms. The molecule has 0 bridgehead atoms. The van der Waals surface area contributed by atoms with Crippen LogP contribution in [0, 0.1) is 12.7 Å². The van der Waals surface area contributed by atoms with E-state index in [1.807, 2.05) is 31.2 Å². The Balaban J connectivity index is 1.50. The average molecular weight is 385 g/mol. The van der Waals surface area contributed by atoms with Crippen LogP contribution in [0.15, 0.2) is 53.7 Å². The normalized spacial score (nSPS) is 10.7. The molecule has 27 heavy (non-hydrogen) atoms. The number of nitrogens with two attached hydrogens (primary N) is 1. The highest BCUT2D eigenvalue weighted by molar-refractivity contribution is 7.99. The minimum Gasteiger partial charge on any atom is -0.355 e. The van der Waals surface area contributed by atoms with Crippen molar-refractivity contribution in [3.63, 3.8) is 0 Å². The molecule has 0 fully saturated rings. The molecule has 2 aromatic carbocycles. The second kappa shape index (κ2) is 8.68. The van der Waals surface area contributed by atoms with Crippen molar-refractivity contribution in [3.05, 3.63) is 65.5 Å². The summed E-state index contributed by atoms with van der Waals surface area (Å²) >= 11 is 1.23. The Bertz CT molecular complexity index is 926. The first kappa shape index (κ1) is 18.9. The number of carbonyl (C=O) groups excluding carboxylic acids is 1. The number of hydrogen-bond acceptors (Lipinski definition) is 5. The summed E-state index contributed by atoms with van der Waals surface area (Å²) in [5, 5.41) is 11.5. The number of benzene rings is 2. The molecule has 0 unspecified atom stereocenters. The zero-order valence-corrected chi connectivity index (χ0v) is 15.7. The molecule has 140 valence electrons. The average Bonchev–Trinajstić information content (AvgIpc) is 3.02. The number of aromatic nitrogens is 3. The molecule has 0 aliphatic heterocycles. The van der Waals surface area contributed by atoms with Crippen molar-refractivity contribution in [1.29, 1.82) is 0 Å². The van der Waals surface area contributed by atoms with Crippen LogP contribution >= 0.6 is 11.8 Å². The third-order valence-electron chi connectivity index (χ3n) is 4.03. The Morgan fingerprint density at radius 3 is 2.67 bits per heavy atom. The van der Waals surface area contributed by atoms with Crippen LogP contribution in [0.3, 0.4) is 0 Å². The van der Waals surface area contributed by atoms with Gasteiger partial charge in [0.1, 0.15) is 5.82 Å². The Morgan fingerprint density at radius 2 is 1.93 bits per heavy atom. The zero-order valence-electron chi connectivity index (χ0n) is 14.9. The van der Waals surface area contributed by atoms with Crippen LogP contribution in [-0.4, -0.2) is 33.1 Å². The Labute approximate surface area is 161 Å². The van der Waals surface area contributed by atoms with Gasteiger partial charge in [0.2, 0.25) is 11.1 Å². The fourth-order valence-electron chi connectivity index (χ4n) is 2.56. The molecule has 8 heteroatoms. The van der Waals surface area contributed by atoms with E-state index in [2.05, 4.69) is 15.5 Å². The predicted molar refractivity (Wildman–Crippen MR) is 104 cm³/mol. The summed E-state index contributed by atoms with van der Waals surface area (Å²) in [4.78, 5) is 12.0. The summed E-state index contributed by atoms with van der Waals surface area (Å²) in [6.45, 7) is 2.46. The van der Waals surface area contributed by atoms with Crippen molar-refractivity contribution in [2.24, 2.45) is 0 Å². The molecule has 3 N–H and O–H groups in total. The molecule has 0 aliphatic carbocycles. The lowest BCUT2D eigenvalue weighted by molar-refractivity contribution is -0.118. The fourth-order valence-corrected chi connectivity index (χ4v) is 3.25. The number of amides is 1. The van der Waals surface area contributed by atoms with E-state index in [4.69, 9.17) is 5.84 Å². The number of halogens is 1. The SMILES string of the molecule is Cc1ccccc1-c1nnc(SCC(=O)NCCc2ccc(F)cc2)n1N. The Hall–Kier alpha value is -2.87. The van der Waals surface area contributed by atoms with Crippen LogP contribution in [0.4, 0.5) is 4.39 Å². The molecular weight excluding hydrogens is 365 g/mol. The molecule has 0 radical (unpaired) electrons. The summed E-state index contributed by atoms with van der Waals surface area (Å²) in [5.41, 5.74) is 2.92. The molecule has 1 heterocycles. The van der Waals surface area contributed by atoms with Crippen molar-refractivity contribution in [1.82, 2.24) is 20.2 Å². The maximum atomic E-state index is 12.9. The van der Waals surface area contributed by atoms with Crippen LogP contribution in [0.25, 0.3) is 11.4 Å². The van der Waals surface area contributed by atoms with Gasteiger partial charge in [-0.05, 0) is 36.6 Å². The van der Waals surface area contributed by atoms with Crippen molar-refractivity contribution in [2.45, 2.75) is 18.5 Å². The third kappa shape index (κ3) is 4.85. The van der Waals surface area contributed by atoms with Gasteiger partial charge in [-0.1, -0.05) is 48.2 Å². The number of nitrogens with zero attached hydrogens (tertiary/aromatic N) is 3. The fraction of sp³-hybridized carbons (Fsp3) is 0.211. The van der Waals surface area contributed by atoms with Gasteiger partial charge in [0.15, 0.2) is 5.82 Å². The number of aryl methyl sites for hydroxylation is 1. The first-order chi connectivity index (χ1) is 13.0. The van der Waals surface area contributed by atoms with Gasteiger partial charge in [0.25, 0.3) is 0 Å².